The Bertz CT molecular complexity index is 374. The van der Waals surface area contributed by atoms with Gasteiger partial charge in [-0.05, 0) is 50.0 Å². The second-order valence-electron chi connectivity index (χ2n) is 4.89. The molecule has 1 unspecified atom stereocenters. The van der Waals surface area contributed by atoms with Gasteiger partial charge in [0.2, 0.25) is 0 Å². The zero-order chi connectivity index (χ0) is 12.3. The highest BCUT2D eigenvalue weighted by molar-refractivity contribution is 5.25. The number of hydrogen-bond donors (Lipinski definition) is 1. The predicted octanol–water partition coefficient (Wildman–Crippen LogP) is 2.65. The van der Waals surface area contributed by atoms with Gasteiger partial charge in [-0.15, -0.1) is 0 Å². The Kier molecular flexibility index (Phi) is 4.13. The molecule has 0 bridgehead atoms. The van der Waals surface area contributed by atoms with E-state index in [1.54, 1.807) is 19.1 Å². The van der Waals surface area contributed by atoms with E-state index < -0.39 is 6.10 Å². The van der Waals surface area contributed by atoms with Gasteiger partial charge in [-0.1, -0.05) is 18.6 Å². The number of piperidine rings is 1. The van der Waals surface area contributed by atoms with Crippen LogP contribution in [0.15, 0.2) is 18.2 Å². The van der Waals surface area contributed by atoms with Crippen LogP contribution in [0.5, 0.6) is 0 Å². The summed E-state index contributed by atoms with van der Waals surface area (Å²) in [4.78, 5) is 2.28. The van der Waals surface area contributed by atoms with Crippen LogP contribution in [0.1, 0.15) is 36.5 Å². The minimum Gasteiger partial charge on any atom is -0.387 e. The van der Waals surface area contributed by atoms with E-state index in [4.69, 9.17) is 0 Å². The first kappa shape index (κ1) is 12.5. The molecule has 1 aromatic carbocycles. The van der Waals surface area contributed by atoms with Crippen LogP contribution in [0, 0.1) is 12.7 Å². The Morgan fingerprint density at radius 3 is 2.65 bits per heavy atom. The quantitative estimate of drug-likeness (QED) is 0.873. The Labute approximate surface area is 102 Å². The fourth-order valence-electron chi connectivity index (χ4n) is 2.37. The summed E-state index contributed by atoms with van der Waals surface area (Å²) >= 11 is 0. The molecule has 1 fully saturated rings. The normalized spacial score (nSPS) is 19.2. The van der Waals surface area contributed by atoms with Gasteiger partial charge >= 0.3 is 0 Å². The van der Waals surface area contributed by atoms with Crippen LogP contribution in [-0.4, -0.2) is 29.6 Å². The number of aliphatic hydroxyl groups is 1. The average Bonchev–Trinajstić information content (AvgIpc) is 2.34. The van der Waals surface area contributed by atoms with Crippen molar-refractivity contribution in [3.63, 3.8) is 0 Å². The summed E-state index contributed by atoms with van der Waals surface area (Å²) in [5.41, 5.74) is 1.41. The first-order valence-electron chi connectivity index (χ1n) is 6.33. The highest BCUT2D eigenvalue weighted by Crippen LogP contribution is 2.19. The summed E-state index contributed by atoms with van der Waals surface area (Å²) in [6.45, 7) is 4.52. The van der Waals surface area contributed by atoms with E-state index in [-0.39, 0.29) is 5.82 Å². The fraction of sp³-hybridized carbons (Fsp3) is 0.571. The molecule has 1 aliphatic rings. The summed E-state index contributed by atoms with van der Waals surface area (Å²) in [6, 6.07) is 4.85. The molecule has 1 aliphatic heterocycles. The lowest BCUT2D eigenvalue weighted by Crippen LogP contribution is -2.33. The number of rotatable bonds is 3. The van der Waals surface area contributed by atoms with Crippen LogP contribution in [-0.2, 0) is 0 Å². The van der Waals surface area contributed by atoms with Crippen LogP contribution in [0.2, 0.25) is 0 Å². The molecule has 3 heteroatoms. The SMILES string of the molecule is Cc1cc(C(O)CN2CCCCC2)ccc1F. The molecule has 0 aliphatic carbocycles. The van der Waals surface area contributed by atoms with Gasteiger partial charge in [-0.25, -0.2) is 4.39 Å². The number of aliphatic hydroxyl groups excluding tert-OH is 1. The van der Waals surface area contributed by atoms with Crippen molar-refractivity contribution in [2.45, 2.75) is 32.3 Å². The largest absolute Gasteiger partial charge is 0.387 e. The Hall–Kier alpha value is -0.930. The molecule has 94 valence electrons. The highest BCUT2D eigenvalue weighted by atomic mass is 19.1. The maximum absolute atomic E-state index is 13.1. The molecule has 2 nitrogen and oxygen atoms in total. The van der Waals surface area contributed by atoms with Gasteiger partial charge in [0.15, 0.2) is 0 Å². The van der Waals surface area contributed by atoms with Crippen molar-refractivity contribution in [3.8, 4) is 0 Å². The Balaban J connectivity index is 1.98. The molecule has 0 radical (unpaired) electrons. The van der Waals surface area contributed by atoms with Crippen LogP contribution in [0.3, 0.4) is 0 Å². The van der Waals surface area contributed by atoms with Gasteiger partial charge in [0.25, 0.3) is 0 Å². The number of likely N-dealkylation sites (tertiary alicyclic amines) is 1. The summed E-state index contributed by atoms with van der Waals surface area (Å²) in [6.07, 6.45) is 3.22. The van der Waals surface area contributed by atoms with Crippen molar-refractivity contribution in [2.75, 3.05) is 19.6 Å². The molecule has 0 amide bonds. The monoisotopic (exact) mass is 237 g/mol. The standard InChI is InChI=1S/C14H20FNO/c1-11-9-12(5-6-13(11)15)14(17)10-16-7-3-2-4-8-16/h5-6,9,14,17H,2-4,7-8,10H2,1H3. The van der Waals surface area contributed by atoms with E-state index >= 15 is 0 Å². The van der Waals surface area contributed by atoms with Crippen molar-refractivity contribution in [1.82, 2.24) is 4.90 Å². The molecule has 0 spiro atoms. The average molecular weight is 237 g/mol. The van der Waals surface area contributed by atoms with Crippen LogP contribution >= 0.6 is 0 Å². The van der Waals surface area contributed by atoms with Gasteiger partial charge in [0.1, 0.15) is 5.82 Å². The summed E-state index contributed by atoms with van der Waals surface area (Å²) in [5, 5.41) is 10.1. The third-order valence-electron chi connectivity index (χ3n) is 3.45. The molecule has 1 N–H and O–H groups in total. The number of halogens is 1. The third kappa shape index (κ3) is 3.27. The van der Waals surface area contributed by atoms with Crippen molar-refractivity contribution in [3.05, 3.63) is 35.1 Å². The number of hydrogen-bond acceptors (Lipinski definition) is 2. The van der Waals surface area contributed by atoms with Gasteiger partial charge in [-0.2, -0.15) is 0 Å². The second kappa shape index (κ2) is 5.61. The first-order valence-corrected chi connectivity index (χ1v) is 6.33. The van der Waals surface area contributed by atoms with E-state index in [9.17, 15) is 9.50 Å². The summed E-state index contributed by atoms with van der Waals surface area (Å²) < 4.78 is 13.1. The smallest absolute Gasteiger partial charge is 0.126 e. The van der Waals surface area contributed by atoms with Crippen LogP contribution < -0.4 is 0 Å². The lowest BCUT2D eigenvalue weighted by Gasteiger charge is -2.28. The molecule has 1 atom stereocenters. The highest BCUT2D eigenvalue weighted by Gasteiger charge is 2.16. The van der Waals surface area contributed by atoms with Crippen molar-refractivity contribution >= 4 is 0 Å². The molecule has 17 heavy (non-hydrogen) atoms. The Morgan fingerprint density at radius 1 is 1.29 bits per heavy atom. The molecule has 1 saturated heterocycles. The van der Waals surface area contributed by atoms with Gasteiger partial charge in [-0.3, -0.25) is 0 Å². The van der Waals surface area contributed by atoms with Gasteiger partial charge < -0.3 is 10.0 Å². The van der Waals surface area contributed by atoms with E-state index in [0.717, 1.165) is 18.7 Å². The minimum absolute atomic E-state index is 0.209. The molecular weight excluding hydrogens is 217 g/mol. The van der Waals surface area contributed by atoms with E-state index in [1.807, 2.05) is 0 Å². The molecule has 1 heterocycles. The van der Waals surface area contributed by atoms with Gasteiger partial charge in [0, 0.05) is 6.54 Å². The maximum Gasteiger partial charge on any atom is 0.126 e. The number of nitrogens with zero attached hydrogens (tertiary/aromatic N) is 1. The van der Waals surface area contributed by atoms with E-state index in [0.29, 0.717) is 12.1 Å². The topological polar surface area (TPSA) is 23.5 Å². The molecule has 0 aromatic heterocycles. The molecule has 0 saturated carbocycles. The lowest BCUT2D eigenvalue weighted by molar-refractivity contribution is 0.101. The van der Waals surface area contributed by atoms with Crippen LogP contribution in [0.25, 0.3) is 0 Å². The zero-order valence-electron chi connectivity index (χ0n) is 10.3. The lowest BCUT2D eigenvalue weighted by atomic mass is 10.0. The maximum atomic E-state index is 13.1. The number of aryl methyl sites for hydroxylation is 1. The molecule has 1 aromatic rings. The molecule has 2 rings (SSSR count). The number of β-amino-alcohol motifs (C(OH)–C–C–N with tert-alkyl or cyclic N) is 1. The zero-order valence-corrected chi connectivity index (χ0v) is 10.3. The predicted molar refractivity (Wildman–Crippen MR) is 66.4 cm³/mol. The van der Waals surface area contributed by atoms with Crippen molar-refractivity contribution in [1.29, 1.82) is 0 Å². The van der Waals surface area contributed by atoms with Crippen molar-refractivity contribution in [2.24, 2.45) is 0 Å². The van der Waals surface area contributed by atoms with Crippen molar-refractivity contribution < 1.29 is 9.50 Å². The van der Waals surface area contributed by atoms with Gasteiger partial charge in [0.05, 0.1) is 6.10 Å². The minimum atomic E-state index is -0.507. The van der Waals surface area contributed by atoms with Crippen LogP contribution in [0.4, 0.5) is 4.39 Å². The fourth-order valence-corrected chi connectivity index (χ4v) is 2.37. The summed E-state index contributed by atoms with van der Waals surface area (Å²) in [7, 11) is 0. The summed E-state index contributed by atoms with van der Waals surface area (Å²) in [5.74, 6) is -0.209. The second-order valence-corrected chi connectivity index (χ2v) is 4.89. The first-order chi connectivity index (χ1) is 8.16. The molecular formula is C14H20FNO. The van der Waals surface area contributed by atoms with E-state index in [2.05, 4.69) is 4.90 Å². The third-order valence-corrected chi connectivity index (χ3v) is 3.45. The number of benzene rings is 1. The van der Waals surface area contributed by atoms with E-state index in [1.165, 1.54) is 25.3 Å². The Morgan fingerprint density at radius 2 is 2.00 bits per heavy atom.